The molecule has 1 aliphatic rings. The quantitative estimate of drug-likeness (QED) is 0.877. The molecule has 0 unspecified atom stereocenters. The molecule has 0 bridgehead atoms. The Labute approximate surface area is 146 Å². The predicted molar refractivity (Wildman–Crippen MR) is 96.0 cm³/mol. The van der Waals surface area contributed by atoms with Crippen molar-refractivity contribution in [2.75, 3.05) is 13.1 Å². The first kappa shape index (κ1) is 16.7. The summed E-state index contributed by atoms with van der Waals surface area (Å²) in [6.07, 6.45) is 1.37. The minimum Gasteiger partial charge on any atom is -0.351 e. The Balaban J connectivity index is 1.52. The number of carbonyl (C=O) groups excluding carboxylic acids is 2. The van der Waals surface area contributed by atoms with Gasteiger partial charge in [-0.2, -0.15) is 0 Å². The first-order valence-electron chi connectivity index (χ1n) is 8.33. The first-order valence-corrected chi connectivity index (χ1v) is 9.21. The molecule has 1 saturated heterocycles. The van der Waals surface area contributed by atoms with E-state index in [1.165, 1.54) is 11.3 Å². The number of hydrogen-bond acceptors (Lipinski definition) is 3. The van der Waals surface area contributed by atoms with Gasteiger partial charge in [-0.25, -0.2) is 0 Å². The third-order valence-corrected chi connectivity index (χ3v) is 5.35. The molecule has 5 heteroatoms. The van der Waals surface area contributed by atoms with Gasteiger partial charge < -0.3 is 10.2 Å². The Bertz CT molecular complexity index is 711. The third-order valence-electron chi connectivity index (χ3n) is 4.40. The predicted octanol–water partition coefficient (Wildman–Crippen LogP) is 3.09. The van der Waals surface area contributed by atoms with Gasteiger partial charge >= 0.3 is 0 Å². The van der Waals surface area contributed by atoms with Crippen LogP contribution >= 0.6 is 11.3 Å². The summed E-state index contributed by atoms with van der Waals surface area (Å²) in [6, 6.07) is 12.0. The molecule has 2 amide bonds. The largest absolute Gasteiger partial charge is 0.351 e. The number of aryl methyl sites for hydroxylation is 1. The monoisotopic (exact) mass is 342 g/mol. The zero-order valence-corrected chi connectivity index (χ0v) is 14.6. The van der Waals surface area contributed by atoms with E-state index in [0.29, 0.717) is 26.1 Å². The molecule has 2 heterocycles. The summed E-state index contributed by atoms with van der Waals surface area (Å²) in [4.78, 5) is 27.2. The fraction of sp³-hybridized carbons (Fsp3) is 0.368. The number of benzene rings is 1. The highest BCUT2D eigenvalue weighted by Crippen LogP contribution is 2.21. The lowest BCUT2D eigenvalue weighted by Crippen LogP contribution is -2.31. The Kier molecular flexibility index (Phi) is 5.30. The van der Waals surface area contributed by atoms with Crippen LogP contribution < -0.4 is 5.32 Å². The summed E-state index contributed by atoms with van der Waals surface area (Å²) in [5, 5.41) is 4.95. The zero-order valence-electron chi connectivity index (χ0n) is 13.8. The summed E-state index contributed by atoms with van der Waals surface area (Å²) in [7, 11) is 0. The highest BCUT2D eigenvalue weighted by Gasteiger charge is 2.29. The van der Waals surface area contributed by atoms with Gasteiger partial charge in [0, 0.05) is 32.0 Å². The molecule has 2 aromatic rings. The summed E-state index contributed by atoms with van der Waals surface area (Å²) in [5.41, 5.74) is 2.23. The highest BCUT2D eigenvalue weighted by atomic mass is 32.1. The van der Waals surface area contributed by atoms with Crippen LogP contribution in [0.5, 0.6) is 0 Å². The molecule has 0 spiro atoms. The molecule has 1 atom stereocenters. The van der Waals surface area contributed by atoms with Crippen molar-refractivity contribution < 1.29 is 9.59 Å². The molecule has 1 aromatic heterocycles. The summed E-state index contributed by atoms with van der Waals surface area (Å²) in [6.45, 7) is 3.96. The van der Waals surface area contributed by atoms with E-state index in [-0.39, 0.29) is 17.7 Å². The number of likely N-dealkylation sites (tertiary alicyclic amines) is 1. The second-order valence-electron chi connectivity index (χ2n) is 6.17. The fourth-order valence-electron chi connectivity index (χ4n) is 3.08. The van der Waals surface area contributed by atoms with Crippen molar-refractivity contribution in [1.82, 2.24) is 10.2 Å². The van der Waals surface area contributed by atoms with Crippen LogP contribution in [0.25, 0.3) is 0 Å². The van der Waals surface area contributed by atoms with Gasteiger partial charge in [0.15, 0.2) is 0 Å². The molecular weight excluding hydrogens is 320 g/mol. The van der Waals surface area contributed by atoms with Gasteiger partial charge in [-0.15, -0.1) is 11.3 Å². The van der Waals surface area contributed by atoms with E-state index < -0.39 is 0 Å². The van der Waals surface area contributed by atoms with Gasteiger partial charge in [0.05, 0.1) is 4.88 Å². The maximum Gasteiger partial charge on any atom is 0.261 e. The average molecular weight is 342 g/mol. The average Bonchev–Trinajstić information content (AvgIpc) is 3.20. The highest BCUT2D eigenvalue weighted by molar-refractivity contribution is 7.12. The normalized spacial score (nSPS) is 17.3. The summed E-state index contributed by atoms with van der Waals surface area (Å²) in [5.74, 6) is 0.342. The first-order chi connectivity index (χ1) is 11.7. The van der Waals surface area contributed by atoms with Crippen LogP contribution in [0.15, 0.2) is 41.8 Å². The van der Waals surface area contributed by atoms with E-state index in [9.17, 15) is 9.59 Å². The molecule has 1 aromatic carbocycles. The van der Waals surface area contributed by atoms with Gasteiger partial charge in [-0.05, 0) is 29.0 Å². The van der Waals surface area contributed by atoms with Crippen LogP contribution in [0, 0.1) is 5.92 Å². The molecule has 24 heavy (non-hydrogen) atoms. The van der Waals surface area contributed by atoms with Crippen LogP contribution in [0.1, 0.15) is 34.1 Å². The van der Waals surface area contributed by atoms with Crippen molar-refractivity contribution in [3.63, 3.8) is 0 Å². The standard InChI is InChI=1S/C19H22N2O2S/c1-2-16-8-9-24-18(16)19(23)20-11-15-10-17(22)21(13-15)12-14-6-4-3-5-7-14/h3-9,15H,2,10-13H2,1H3,(H,20,23)/t15-/m0/s1. The van der Waals surface area contributed by atoms with Gasteiger partial charge in [-0.1, -0.05) is 37.3 Å². The molecule has 1 aliphatic heterocycles. The number of nitrogens with one attached hydrogen (secondary N) is 1. The summed E-state index contributed by atoms with van der Waals surface area (Å²) < 4.78 is 0. The lowest BCUT2D eigenvalue weighted by molar-refractivity contribution is -0.128. The Morgan fingerprint density at radius 1 is 1.29 bits per heavy atom. The zero-order chi connectivity index (χ0) is 16.9. The Hall–Kier alpha value is -2.14. The van der Waals surface area contributed by atoms with Crippen molar-refractivity contribution >= 4 is 23.2 Å². The second-order valence-corrected chi connectivity index (χ2v) is 7.08. The van der Waals surface area contributed by atoms with Crippen molar-refractivity contribution in [2.24, 2.45) is 5.92 Å². The van der Waals surface area contributed by atoms with Crippen LogP contribution in [-0.2, 0) is 17.8 Å². The number of carbonyl (C=O) groups is 2. The molecule has 0 saturated carbocycles. The molecule has 0 aliphatic carbocycles. The van der Waals surface area contributed by atoms with E-state index in [0.717, 1.165) is 22.4 Å². The number of hydrogen-bond donors (Lipinski definition) is 1. The lowest BCUT2D eigenvalue weighted by atomic mass is 10.1. The van der Waals surface area contributed by atoms with Gasteiger partial charge in [0.1, 0.15) is 0 Å². The van der Waals surface area contributed by atoms with Crippen molar-refractivity contribution in [1.29, 1.82) is 0 Å². The van der Waals surface area contributed by atoms with Crippen LogP contribution in [-0.4, -0.2) is 29.8 Å². The van der Waals surface area contributed by atoms with Gasteiger partial charge in [-0.3, -0.25) is 9.59 Å². The fourth-order valence-corrected chi connectivity index (χ4v) is 3.99. The van der Waals surface area contributed by atoms with Crippen LogP contribution in [0.2, 0.25) is 0 Å². The molecule has 1 fully saturated rings. The lowest BCUT2D eigenvalue weighted by Gasteiger charge is -2.17. The van der Waals surface area contributed by atoms with E-state index in [1.54, 1.807) is 0 Å². The molecule has 3 rings (SSSR count). The smallest absolute Gasteiger partial charge is 0.261 e. The van der Waals surface area contributed by atoms with E-state index >= 15 is 0 Å². The van der Waals surface area contributed by atoms with Crippen LogP contribution in [0.4, 0.5) is 0 Å². The van der Waals surface area contributed by atoms with Crippen molar-refractivity contribution in [3.05, 3.63) is 57.8 Å². The van der Waals surface area contributed by atoms with Gasteiger partial charge in [0.2, 0.25) is 5.91 Å². The Morgan fingerprint density at radius 3 is 2.83 bits per heavy atom. The molecular formula is C19H22N2O2S. The summed E-state index contributed by atoms with van der Waals surface area (Å²) >= 11 is 1.48. The number of thiophene rings is 1. The maximum absolute atomic E-state index is 12.3. The maximum atomic E-state index is 12.3. The van der Waals surface area contributed by atoms with Crippen molar-refractivity contribution in [2.45, 2.75) is 26.3 Å². The molecule has 4 nitrogen and oxygen atoms in total. The van der Waals surface area contributed by atoms with E-state index in [2.05, 4.69) is 12.2 Å². The number of nitrogens with zero attached hydrogens (tertiary/aromatic N) is 1. The minimum atomic E-state index is -0.0178. The number of amides is 2. The Morgan fingerprint density at radius 2 is 2.08 bits per heavy atom. The van der Waals surface area contributed by atoms with Crippen LogP contribution in [0.3, 0.4) is 0 Å². The number of rotatable bonds is 6. The third kappa shape index (κ3) is 3.85. The topological polar surface area (TPSA) is 49.4 Å². The van der Waals surface area contributed by atoms with E-state index in [1.807, 2.05) is 46.7 Å². The molecule has 0 radical (unpaired) electrons. The van der Waals surface area contributed by atoms with E-state index in [4.69, 9.17) is 0 Å². The molecule has 126 valence electrons. The van der Waals surface area contributed by atoms with Crippen molar-refractivity contribution in [3.8, 4) is 0 Å². The SMILES string of the molecule is CCc1ccsc1C(=O)NC[C@@H]1CC(=O)N(Cc2ccccc2)C1. The minimum absolute atomic E-state index is 0.0178. The second kappa shape index (κ2) is 7.62. The molecule has 1 N–H and O–H groups in total. The van der Waals surface area contributed by atoms with Gasteiger partial charge in [0.25, 0.3) is 5.91 Å².